The van der Waals surface area contributed by atoms with Gasteiger partial charge < -0.3 is 15.2 Å². The standard InChI is InChI=1S/C20H22N2O4/c1-22(2)18(19(23)24)11-21-20(25)26-12-17-15-9-5-3-7-13(15)14-8-4-6-10-16(14)17/h3-10,17-18H,11-12H2,1-2H3,(H,21,25)(H,23,24). The van der Waals surface area contributed by atoms with Crippen LogP contribution < -0.4 is 5.32 Å². The molecule has 6 heteroatoms. The monoisotopic (exact) mass is 354 g/mol. The minimum Gasteiger partial charge on any atom is -0.480 e. The van der Waals surface area contributed by atoms with E-state index in [-0.39, 0.29) is 19.1 Å². The number of aliphatic carboxylic acids is 1. The number of rotatable bonds is 6. The van der Waals surface area contributed by atoms with Crippen molar-refractivity contribution in [1.82, 2.24) is 10.2 Å². The minimum absolute atomic E-state index is 0.0149. The summed E-state index contributed by atoms with van der Waals surface area (Å²) in [4.78, 5) is 24.7. The van der Waals surface area contributed by atoms with E-state index in [1.54, 1.807) is 14.1 Å². The molecule has 1 aliphatic carbocycles. The number of carboxylic acid groups (broad SMARTS) is 1. The predicted octanol–water partition coefficient (Wildman–Crippen LogP) is 2.54. The molecule has 0 radical (unpaired) electrons. The van der Waals surface area contributed by atoms with Gasteiger partial charge in [-0.1, -0.05) is 48.5 Å². The van der Waals surface area contributed by atoms with Crippen molar-refractivity contribution in [1.29, 1.82) is 0 Å². The molecule has 1 unspecified atom stereocenters. The maximum absolute atomic E-state index is 12.0. The average Bonchev–Trinajstić information content (AvgIpc) is 2.93. The van der Waals surface area contributed by atoms with Crippen LogP contribution in [0.3, 0.4) is 0 Å². The summed E-state index contributed by atoms with van der Waals surface area (Å²) in [6, 6.07) is 15.4. The summed E-state index contributed by atoms with van der Waals surface area (Å²) >= 11 is 0. The van der Waals surface area contributed by atoms with Gasteiger partial charge in [0.1, 0.15) is 12.6 Å². The Balaban J connectivity index is 1.65. The SMILES string of the molecule is CN(C)C(CNC(=O)OCC1c2ccccc2-c2ccccc21)C(=O)O. The fraction of sp³-hybridized carbons (Fsp3) is 0.300. The molecule has 2 N–H and O–H groups in total. The molecule has 1 atom stereocenters. The van der Waals surface area contributed by atoms with Gasteiger partial charge in [0.25, 0.3) is 0 Å². The van der Waals surface area contributed by atoms with Gasteiger partial charge >= 0.3 is 12.1 Å². The number of hydrogen-bond acceptors (Lipinski definition) is 4. The van der Waals surface area contributed by atoms with Crippen LogP contribution in [0.25, 0.3) is 11.1 Å². The average molecular weight is 354 g/mol. The number of carbonyl (C=O) groups excluding carboxylic acids is 1. The first-order valence-electron chi connectivity index (χ1n) is 8.47. The van der Waals surface area contributed by atoms with E-state index in [2.05, 4.69) is 17.4 Å². The molecule has 2 aromatic rings. The Morgan fingerprint density at radius 3 is 2.12 bits per heavy atom. The first kappa shape index (κ1) is 17.9. The lowest BCUT2D eigenvalue weighted by Gasteiger charge is -2.20. The summed E-state index contributed by atoms with van der Waals surface area (Å²) in [5.74, 6) is -1.01. The normalized spacial score (nSPS) is 13.8. The number of amides is 1. The molecule has 0 aromatic heterocycles. The van der Waals surface area contributed by atoms with Gasteiger partial charge in [-0.2, -0.15) is 0 Å². The van der Waals surface area contributed by atoms with Crippen LogP contribution in [-0.2, 0) is 9.53 Å². The zero-order chi connectivity index (χ0) is 18.7. The number of nitrogens with one attached hydrogen (secondary N) is 1. The van der Waals surface area contributed by atoms with Crippen LogP contribution in [0.2, 0.25) is 0 Å². The molecule has 1 amide bonds. The van der Waals surface area contributed by atoms with Crippen molar-refractivity contribution in [3.05, 3.63) is 59.7 Å². The van der Waals surface area contributed by atoms with Gasteiger partial charge in [0.15, 0.2) is 0 Å². The van der Waals surface area contributed by atoms with Crippen molar-refractivity contribution >= 4 is 12.1 Å². The van der Waals surface area contributed by atoms with Crippen molar-refractivity contribution in [2.75, 3.05) is 27.2 Å². The molecule has 6 nitrogen and oxygen atoms in total. The molecule has 136 valence electrons. The second-order valence-electron chi connectivity index (χ2n) is 6.52. The van der Waals surface area contributed by atoms with Crippen LogP contribution in [0, 0.1) is 0 Å². The third-order valence-corrected chi connectivity index (χ3v) is 4.69. The summed E-state index contributed by atoms with van der Waals surface area (Å²) in [7, 11) is 3.30. The fourth-order valence-corrected chi connectivity index (χ4v) is 3.32. The molecule has 1 aliphatic rings. The number of nitrogens with zero attached hydrogens (tertiary/aromatic N) is 1. The number of likely N-dealkylation sites (N-methyl/N-ethyl adjacent to an activating group) is 1. The van der Waals surface area contributed by atoms with Crippen LogP contribution in [0.15, 0.2) is 48.5 Å². The zero-order valence-electron chi connectivity index (χ0n) is 14.8. The van der Waals surface area contributed by atoms with Crippen LogP contribution >= 0.6 is 0 Å². The fourth-order valence-electron chi connectivity index (χ4n) is 3.32. The highest BCUT2D eigenvalue weighted by Crippen LogP contribution is 2.44. The predicted molar refractivity (Wildman–Crippen MR) is 98.2 cm³/mol. The van der Waals surface area contributed by atoms with Gasteiger partial charge in [-0.05, 0) is 36.3 Å². The van der Waals surface area contributed by atoms with E-state index < -0.39 is 18.1 Å². The van der Waals surface area contributed by atoms with Crippen LogP contribution in [-0.4, -0.2) is 55.4 Å². The first-order valence-corrected chi connectivity index (χ1v) is 8.47. The Morgan fingerprint density at radius 1 is 1.08 bits per heavy atom. The number of carbonyl (C=O) groups is 2. The topological polar surface area (TPSA) is 78.9 Å². The quantitative estimate of drug-likeness (QED) is 0.833. The molecule has 0 heterocycles. The van der Waals surface area contributed by atoms with E-state index in [1.165, 1.54) is 4.90 Å². The molecule has 0 spiro atoms. The van der Waals surface area contributed by atoms with Crippen LogP contribution in [0.1, 0.15) is 17.0 Å². The minimum atomic E-state index is -0.992. The molecular weight excluding hydrogens is 332 g/mol. The van der Waals surface area contributed by atoms with E-state index >= 15 is 0 Å². The molecule has 26 heavy (non-hydrogen) atoms. The van der Waals surface area contributed by atoms with Crippen LogP contribution in [0.5, 0.6) is 0 Å². The number of hydrogen-bond donors (Lipinski definition) is 2. The Kier molecular flexibility index (Phi) is 5.23. The highest BCUT2D eigenvalue weighted by Gasteiger charge is 2.29. The Morgan fingerprint density at radius 2 is 1.62 bits per heavy atom. The maximum Gasteiger partial charge on any atom is 0.407 e. The summed E-state index contributed by atoms with van der Waals surface area (Å²) in [6.07, 6.45) is -0.611. The van der Waals surface area contributed by atoms with Crippen molar-refractivity contribution < 1.29 is 19.4 Å². The Hall–Kier alpha value is -2.86. The molecule has 0 saturated heterocycles. The third-order valence-electron chi connectivity index (χ3n) is 4.69. The number of ether oxygens (including phenoxy) is 1. The Labute approximate surface area is 152 Å². The molecular formula is C20H22N2O4. The van der Waals surface area contributed by atoms with Gasteiger partial charge in [-0.25, -0.2) is 4.79 Å². The van der Waals surface area contributed by atoms with Gasteiger partial charge in [-0.15, -0.1) is 0 Å². The highest BCUT2D eigenvalue weighted by atomic mass is 16.5. The Bertz CT molecular complexity index is 773. The molecule has 2 aromatic carbocycles. The molecule has 0 bridgehead atoms. The third kappa shape index (κ3) is 3.55. The van der Waals surface area contributed by atoms with Gasteiger partial charge in [0.2, 0.25) is 0 Å². The van der Waals surface area contributed by atoms with Crippen molar-refractivity contribution in [2.24, 2.45) is 0 Å². The molecule has 3 rings (SSSR count). The largest absolute Gasteiger partial charge is 0.480 e. The smallest absolute Gasteiger partial charge is 0.407 e. The van der Waals surface area contributed by atoms with Crippen LogP contribution in [0.4, 0.5) is 4.79 Å². The molecule has 0 fully saturated rings. The summed E-state index contributed by atoms with van der Waals surface area (Å²) in [5, 5.41) is 11.7. The van der Waals surface area contributed by atoms with E-state index in [0.717, 1.165) is 22.3 Å². The van der Waals surface area contributed by atoms with E-state index in [9.17, 15) is 9.59 Å². The van der Waals surface area contributed by atoms with E-state index in [4.69, 9.17) is 9.84 Å². The second kappa shape index (κ2) is 7.58. The van der Waals surface area contributed by atoms with Gasteiger partial charge in [0.05, 0.1) is 0 Å². The van der Waals surface area contributed by atoms with Crippen molar-refractivity contribution in [2.45, 2.75) is 12.0 Å². The maximum atomic E-state index is 12.0. The molecule has 0 saturated carbocycles. The van der Waals surface area contributed by atoms with E-state index in [1.807, 2.05) is 36.4 Å². The second-order valence-corrected chi connectivity index (χ2v) is 6.52. The number of benzene rings is 2. The van der Waals surface area contributed by atoms with E-state index in [0.29, 0.717) is 0 Å². The highest BCUT2D eigenvalue weighted by molar-refractivity contribution is 5.79. The van der Waals surface area contributed by atoms with Crippen molar-refractivity contribution in [3.8, 4) is 11.1 Å². The lowest BCUT2D eigenvalue weighted by atomic mass is 9.98. The first-order chi connectivity index (χ1) is 12.5. The number of alkyl carbamates (subject to hydrolysis) is 1. The number of fused-ring (bicyclic) bond motifs is 3. The van der Waals surface area contributed by atoms with Gasteiger partial charge in [-0.3, -0.25) is 9.69 Å². The van der Waals surface area contributed by atoms with Crippen molar-refractivity contribution in [3.63, 3.8) is 0 Å². The summed E-state index contributed by atoms with van der Waals surface area (Å²) in [5.41, 5.74) is 4.60. The molecule has 0 aliphatic heterocycles. The van der Waals surface area contributed by atoms with Gasteiger partial charge in [0, 0.05) is 12.5 Å². The zero-order valence-corrected chi connectivity index (χ0v) is 14.8. The lowest BCUT2D eigenvalue weighted by molar-refractivity contribution is -0.142. The lowest BCUT2D eigenvalue weighted by Crippen LogP contribution is -2.45. The summed E-state index contributed by atoms with van der Waals surface area (Å²) < 4.78 is 5.39. The summed E-state index contributed by atoms with van der Waals surface area (Å²) in [6.45, 7) is 0.193. The number of carboxylic acids is 1.